The summed E-state index contributed by atoms with van der Waals surface area (Å²) in [4.78, 5) is 23.0. The minimum atomic E-state index is -1.47. The summed E-state index contributed by atoms with van der Waals surface area (Å²) in [6, 6.07) is 9.79. The van der Waals surface area contributed by atoms with Crippen LogP contribution in [0.4, 0.5) is 8.78 Å². The number of benzene rings is 2. The highest BCUT2D eigenvalue weighted by Gasteiger charge is 2.23. The van der Waals surface area contributed by atoms with Crippen molar-refractivity contribution in [2.24, 2.45) is 0 Å². The first kappa shape index (κ1) is 18.8. The van der Waals surface area contributed by atoms with Gasteiger partial charge in [0.1, 0.15) is 0 Å². The van der Waals surface area contributed by atoms with E-state index >= 15 is 0 Å². The van der Waals surface area contributed by atoms with Gasteiger partial charge in [-0.05, 0) is 11.6 Å². The van der Waals surface area contributed by atoms with E-state index in [0.717, 1.165) is 23.8 Å². The molecular formula is C20H14F2O4. The van der Waals surface area contributed by atoms with Crippen molar-refractivity contribution in [2.75, 3.05) is 0 Å². The quantitative estimate of drug-likeness (QED) is 0.335. The van der Waals surface area contributed by atoms with Gasteiger partial charge in [0, 0.05) is 17.7 Å². The van der Waals surface area contributed by atoms with Crippen molar-refractivity contribution in [2.45, 2.75) is 0 Å². The topological polar surface area (TPSA) is 52.6 Å². The Hall–Kier alpha value is -3.54. The molecule has 0 fully saturated rings. The van der Waals surface area contributed by atoms with Crippen LogP contribution >= 0.6 is 0 Å². The molecule has 0 radical (unpaired) electrons. The van der Waals surface area contributed by atoms with Crippen molar-refractivity contribution in [1.29, 1.82) is 0 Å². The summed E-state index contributed by atoms with van der Waals surface area (Å²) in [5.41, 5.74) is 0.762. The SMILES string of the molecule is C=CC(=O)Oc1c(C=Cc2ccccc2)cc(F)c(F)c1OC(=O)C=C. The van der Waals surface area contributed by atoms with Gasteiger partial charge in [-0.3, -0.25) is 0 Å². The Morgan fingerprint density at radius 2 is 1.46 bits per heavy atom. The smallest absolute Gasteiger partial charge is 0.335 e. The average Bonchev–Trinajstić information content (AvgIpc) is 2.66. The Morgan fingerprint density at radius 3 is 2.04 bits per heavy atom. The molecule has 0 atom stereocenters. The highest BCUT2D eigenvalue weighted by Crippen LogP contribution is 2.37. The number of hydrogen-bond donors (Lipinski definition) is 0. The second-order valence-electron chi connectivity index (χ2n) is 4.91. The number of carbonyl (C=O) groups is 2. The van der Waals surface area contributed by atoms with Crippen molar-refractivity contribution >= 4 is 24.1 Å². The molecule has 0 bridgehead atoms. The van der Waals surface area contributed by atoms with Gasteiger partial charge < -0.3 is 9.47 Å². The number of ether oxygens (including phenoxy) is 2. The molecule has 0 unspecified atom stereocenters. The summed E-state index contributed by atoms with van der Waals surface area (Å²) < 4.78 is 37.8. The van der Waals surface area contributed by atoms with E-state index in [0.29, 0.717) is 0 Å². The fourth-order valence-corrected chi connectivity index (χ4v) is 1.96. The zero-order valence-corrected chi connectivity index (χ0v) is 13.6. The highest BCUT2D eigenvalue weighted by atomic mass is 19.2. The van der Waals surface area contributed by atoms with Crippen LogP contribution in [0.15, 0.2) is 61.7 Å². The third-order valence-corrected chi connectivity index (χ3v) is 3.15. The van der Waals surface area contributed by atoms with Gasteiger partial charge in [0.2, 0.25) is 11.6 Å². The summed E-state index contributed by atoms with van der Waals surface area (Å²) in [6.45, 7) is 6.43. The van der Waals surface area contributed by atoms with Crippen molar-refractivity contribution in [1.82, 2.24) is 0 Å². The molecule has 132 valence electrons. The van der Waals surface area contributed by atoms with E-state index in [4.69, 9.17) is 9.47 Å². The van der Waals surface area contributed by atoms with Gasteiger partial charge in [0.05, 0.1) is 0 Å². The van der Waals surface area contributed by atoms with Crippen LogP contribution in [0.1, 0.15) is 11.1 Å². The summed E-state index contributed by atoms with van der Waals surface area (Å²) in [5, 5.41) is 0. The molecule has 2 rings (SSSR count). The predicted molar refractivity (Wildman–Crippen MR) is 93.4 cm³/mol. The van der Waals surface area contributed by atoms with Crippen LogP contribution in [0.2, 0.25) is 0 Å². The molecule has 0 aromatic heterocycles. The Labute approximate surface area is 148 Å². The summed E-state index contributed by atoms with van der Waals surface area (Å²) in [6.07, 6.45) is 4.60. The zero-order valence-electron chi connectivity index (χ0n) is 13.6. The van der Waals surface area contributed by atoms with Crippen molar-refractivity contribution in [3.05, 3.63) is 84.5 Å². The number of halogens is 2. The van der Waals surface area contributed by atoms with E-state index < -0.39 is 35.1 Å². The Kier molecular flexibility index (Phi) is 6.16. The molecule has 0 heterocycles. The maximum Gasteiger partial charge on any atom is 0.335 e. The molecule has 26 heavy (non-hydrogen) atoms. The number of hydrogen-bond acceptors (Lipinski definition) is 4. The summed E-state index contributed by atoms with van der Waals surface area (Å²) in [7, 11) is 0. The van der Waals surface area contributed by atoms with Crippen LogP contribution in [0.3, 0.4) is 0 Å². The maximum atomic E-state index is 14.1. The van der Waals surface area contributed by atoms with Crippen molar-refractivity contribution in [3.63, 3.8) is 0 Å². The third kappa shape index (κ3) is 4.51. The Balaban J connectivity index is 2.59. The van der Waals surface area contributed by atoms with E-state index in [1.165, 1.54) is 6.08 Å². The number of esters is 2. The normalized spacial score (nSPS) is 10.4. The molecule has 0 saturated heterocycles. The molecule has 0 saturated carbocycles. The van der Waals surface area contributed by atoms with Crippen molar-refractivity contribution < 1.29 is 27.8 Å². The van der Waals surface area contributed by atoms with Crippen LogP contribution in [0, 0.1) is 11.6 Å². The molecule has 0 aliphatic heterocycles. The van der Waals surface area contributed by atoms with Crippen LogP contribution in [0.25, 0.3) is 12.2 Å². The minimum Gasteiger partial charge on any atom is -0.419 e. The molecule has 2 aromatic rings. The first-order valence-electron chi connectivity index (χ1n) is 7.40. The van der Waals surface area contributed by atoms with Crippen molar-refractivity contribution in [3.8, 4) is 11.5 Å². The fourth-order valence-electron chi connectivity index (χ4n) is 1.96. The van der Waals surface area contributed by atoms with Gasteiger partial charge in [-0.2, -0.15) is 4.39 Å². The van der Waals surface area contributed by atoms with Gasteiger partial charge >= 0.3 is 11.9 Å². The molecule has 0 N–H and O–H groups in total. The van der Waals surface area contributed by atoms with E-state index in [9.17, 15) is 18.4 Å². The second-order valence-corrected chi connectivity index (χ2v) is 4.91. The van der Waals surface area contributed by atoms with Gasteiger partial charge in [-0.1, -0.05) is 55.6 Å². The van der Waals surface area contributed by atoms with Gasteiger partial charge in [-0.25, -0.2) is 14.0 Å². The maximum absolute atomic E-state index is 14.1. The first-order valence-corrected chi connectivity index (χ1v) is 7.40. The van der Waals surface area contributed by atoms with Crippen LogP contribution in [0.5, 0.6) is 11.5 Å². The lowest BCUT2D eigenvalue weighted by atomic mass is 10.1. The Morgan fingerprint density at radius 1 is 0.885 bits per heavy atom. The first-order chi connectivity index (χ1) is 12.5. The van der Waals surface area contributed by atoms with Gasteiger partial charge in [-0.15, -0.1) is 0 Å². The van der Waals surface area contributed by atoms with E-state index in [-0.39, 0.29) is 5.56 Å². The lowest BCUT2D eigenvalue weighted by Gasteiger charge is -2.13. The number of carbonyl (C=O) groups excluding carboxylic acids is 2. The average molecular weight is 356 g/mol. The molecule has 6 heteroatoms. The minimum absolute atomic E-state index is 0.00480. The Bertz CT molecular complexity index is 886. The molecule has 2 aromatic carbocycles. The molecule has 0 amide bonds. The summed E-state index contributed by atoms with van der Waals surface area (Å²) in [5.74, 6) is -6.01. The fraction of sp³-hybridized carbons (Fsp3) is 0. The standard InChI is InChI=1S/C20H14F2O4/c1-3-16(23)25-19-14(11-10-13-8-6-5-7-9-13)12-15(21)18(22)20(19)26-17(24)4-2/h3-12H,1-2H2. The van der Waals surface area contributed by atoms with Crippen LogP contribution < -0.4 is 9.47 Å². The zero-order chi connectivity index (χ0) is 19.1. The van der Waals surface area contributed by atoms with Crippen LogP contribution in [-0.2, 0) is 9.59 Å². The monoisotopic (exact) mass is 356 g/mol. The lowest BCUT2D eigenvalue weighted by molar-refractivity contribution is -0.131. The molecule has 0 aliphatic rings. The molecule has 0 aliphatic carbocycles. The van der Waals surface area contributed by atoms with Gasteiger partial charge in [0.15, 0.2) is 11.6 Å². The van der Waals surface area contributed by atoms with E-state index in [2.05, 4.69) is 13.2 Å². The summed E-state index contributed by atoms with van der Waals surface area (Å²) >= 11 is 0. The van der Waals surface area contributed by atoms with Crippen LogP contribution in [-0.4, -0.2) is 11.9 Å². The van der Waals surface area contributed by atoms with Gasteiger partial charge in [0.25, 0.3) is 0 Å². The predicted octanol–water partition coefficient (Wildman–Crippen LogP) is 4.32. The molecule has 0 spiro atoms. The lowest BCUT2D eigenvalue weighted by Crippen LogP contribution is -2.12. The second kappa shape index (κ2) is 8.53. The largest absolute Gasteiger partial charge is 0.419 e. The highest BCUT2D eigenvalue weighted by molar-refractivity contribution is 5.88. The number of rotatable bonds is 6. The molecule has 4 nitrogen and oxygen atoms in total. The van der Waals surface area contributed by atoms with E-state index in [1.54, 1.807) is 30.3 Å². The third-order valence-electron chi connectivity index (χ3n) is 3.15. The molecular weight excluding hydrogens is 342 g/mol. The van der Waals surface area contributed by atoms with E-state index in [1.807, 2.05) is 6.07 Å².